The summed E-state index contributed by atoms with van der Waals surface area (Å²) >= 11 is 0. The fourth-order valence-electron chi connectivity index (χ4n) is 7.03. The number of anilines is 1. The molecule has 1 heterocycles. The highest BCUT2D eigenvalue weighted by Crippen LogP contribution is 2.50. The summed E-state index contributed by atoms with van der Waals surface area (Å²) in [6, 6.07) is 14.1. The van der Waals surface area contributed by atoms with Crippen molar-refractivity contribution in [2.45, 2.75) is 44.7 Å². The Kier molecular flexibility index (Phi) is 6.62. The fourth-order valence-corrected chi connectivity index (χ4v) is 7.03. The van der Waals surface area contributed by atoms with Crippen molar-refractivity contribution in [3.05, 3.63) is 81.8 Å². The maximum Gasteiger partial charge on any atom is 0.255 e. The summed E-state index contributed by atoms with van der Waals surface area (Å²) < 4.78 is 0. The number of likely N-dealkylation sites (tertiary alicyclic amines) is 1. The zero-order valence-corrected chi connectivity index (χ0v) is 22.1. The third kappa shape index (κ3) is 4.44. The molecule has 0 radical (unpaired) electrons. The van der Waals surface area contributed by atoms with Gasteiger partial charge in [0.25, 0.3) is 5.91 Å². The Hall–Kier alpha value is -4.11. The Morgan fingerprint density at radius 1 is 1.00 bits per heavy atom. The van der Waals surface area contributed by atoms with Crippen LogP contribution in [0.5, 0.6) is 5.75 Å². The lowest BCUT2D eigenvalue weighted by molar-refractivity contribution is -0.126. The van der Waals surface area contributed by atoms with Gasteiger partial charge in [0, 0.05) is 37.7 Å². The topological polar surface area (TPSA) is 153 Å². The van der Waals surface area contributed by atoms with E-state index < -0.39 is 34.9 Å². The van der Waals surface area contributed by atoms with Gasteiger partial charge in [-0.05, 0) is 54.7 Å². The first-order valence-electron chi connectivity index (χ1n) is 13.8. The van der Waals surface area contributed by atoms with E-state index in [9.17, 15) is 29.7 Å². The summed E-state index contributed by atoms with van der Waals surface area (Å²) in [7, 11) is 0. The van der Waals surface area contributed by atoms with E-state index >= 15 is 0 Å². The van der Waals surface area contributed by atoms with E-state index in [1.807, 2.05) is 24.3 Å². The summed E-state index contributed by atoms with van der Waals surface area (Å²) in [6.07, 6.45) is 2.61. The van der Waals surface area contributed by atoms with Gasteiger partial charge in [-0.1, -0.05) is 36.4 Å². The van der Waals surface area contributed by atoms with Gasteiger partial charge in [-0.25, -0.2) is 0 Å². The van der Waals surface area contributed by atoms with Gasteiger partial charge in [-0.3, -0.25) is 19.3 Å². The number of carbonyl (C=O) groups is 3. The standard InChI is InChI=1S/C31H33N3O6/c32-31(40)26-22(35)14-19-13-18-12-17-6-7-21(27(36)23(17)28(37)24(18)29(38)25(19)30(26)39)33-20-8-10-34(11-9-20)15-16-4-2-1-3-5-16/h1-7,18-20,25,33,35-36,38H,8-15H2,(H2,32,40). The van der Waals surface area contributed by atoms with Crippen LogP contribution in [-0.4, -0.2) is 56.8 Å². The van der Waals surface area contributed by atoms with Gasteiger partial charge in [-0.2, -0.15) is 0 Å². The van der Waals surface area contributed by atoms with E-state index in [0.29, 0.717) is 24.1 Å². The summed E-state index contributed by atoms with van der Waals surface area (Å²) in [5, 5.41) is 36.1. The number of amides is 1. The number of primary amides is 1. The molecule has 4 aliphatic rings. The Morgan fingerprint density at radius 2 is 1.73 bits per heavy atom. The SMILES string of the molecule is NC(=O)C1=C(O)CC2CC3Cc4ccc(NC5CCN(Cc6ccccc6)CC5)c(O)c4C(=O)C3=C(O)C2C1=O. The Labute approximate surface area is 232 Å². The van der Waals surface area contributed by atoms with Crippen molar-refractivity contribution in [1.82, 2.24) is 4.90 Å². The molecular weight excluding hydrogens is 510 g/mol. The fraction of sp³-hybridized carbons (Fsp3) is 0.387. The van der Waals surface area contributed by atoms with Crippen LogP contribution in [0.3, 0.4) is 0 Å². The van der Waals surface area contributed by atoms with Crippen molar-refractivity contribution in [1.29, 1.82) is 0 Å². The van der Waals surface area contributed by atoms with E-state index in [1.54, 1.807) is 6.07 Å². The van der Waals surface area contributed by atoms with Crippen molar-refractivity contribution in [2.24, 2.45) is 23.5 Å². The minimum absolute atomic E-state index is 0.0296. The molecule has 1 saturated heterocycles. The molecule has 6 N–H and O–H groups in total. The Morgan fingerprint density at radius 3 is 2.42 bits per heavy atom. The average molecular weight is 544 g/mol. The molecule has 1 aliphatic heterocycles. The normalized spacial score (nSPS) is 25.4. The van der Waals surface area contributed by atoms with Crippen molar-refractivity contribution < 1.29 is 29.7 Å². The molecule has 3 aliphatic carbocycles. The summed E-state index contributed by atoms with van der Waals surface area (Å²) in [5.41, 5.74) is 7.47. The molecule has 208 valence electrons. The molecule has 1 amide bonds. The van der Waals surface area contributed by atoms with Crippen LogP contribution < -0.4 is 11.1 Å². The van der Waals surface area contributed by atoms with Crippen molar-refractivity contribution in [2.75, 3.05) is 18.4 Å². The number of piperidine rings is 1. The summed E-state index contributed by atoms with van der Waals surface area (Å²) in [4.78, 5) is 40.9. The number of rotatable bonds is 5. The Bertz CT molecular complexity index is 1450. The number of phenols is 1. The number of phenolic OH excluding ortho intramolecular Hbond substituents is 1. The Balaban J connectivity index is 1.21. The molecule has 0 saturated carbocycles. The highest BCUT2D eigenvalue weighted by atomic mass is 16.3. The lowest BCUT2D eigenvalue weighted by Crippen LogP contribution is -2.43. The predicted octanol–water partition coefficient (Wildman–Crippen LogP) is 3.54. The number of fused-ring (bicyclic) bond motifs is 3. The van der Waals surface area contributed by atoms with Crippen molar-refractivity contribution in [3.63, 3.8) is 0 Å². The number of nitrogens with two attached hydrogens (primary N) is 1. The van der Waals surface area contributed by atoms with Gasteiger partial charge in [0.15, 0.2) is 11.6 Å². The zero-order chi connectivity index (χ0) is 28.1. The number of aromatic hydroxyl groups is 1. The van der Waals surface area contributed by atoms with Gasteiger partial charge in [0.1, 0.15) is 22.8 Å². The molecular formula is C31H33N3O6. The maximum atomic E-state index is 13.7. The second-order valence-corrected chi connectivity index (χ2v) is 11.4. The number of hydrogen-bond donors (Lipinski definition) is 5. The minimum atomic E-state index is -1.11. The van der Waals surface area contributed by atoms with E-state index in [4.69, 9.17) is 5.73 Å². The molecule has 9 nitrogen and oxygen atoms in total. The van der Waals surface area contributed by atoms with Gasteiger partial charge in [0.2, 0.25) is 0 Å². The van der Waals surface area contributed by atoms with E-state index in [0.717, 1.165) is 32.5 Å². The average Bonchev–Trinajstić information content (AvgIpc) is 2.91. The lowest BCUT2D eigenvalue weighted by Gasteiger charge is -2.40. The number of nitrogens with one attached hydrogen (secondary N) is 1. The molecule has 3 unspecified atom stereocenters. The van der Waals surface area contributed by atoms with E-state index in [2.05, 4.69) is 22.3 Å². The van der Waals surface area contributed by atoms with Crippen LogP contribution in [0.15, 0.2) is 65.1 Å². The molecule has 0 spiro atoms. The summed E-state index contributed by atoms with van der Waals surface area (Å²) in [5.74, 6) is -5.13. The number of ketones is 2. The van der Waals surface area contributed by atoms with E-state index in [1.165, 1.54) is 5.56 Å². The van der Waals surface area contributed by atoms with Gasteiger partial charge in [0.05, 0.1) is 17.2 Å². The van der Waals surface area contributed by atoms with Crippen LogP contribution >= 0.6 is 0 Å². The monoisotopic (exact) mass is 543 g/mol. The number of benzene rings is 2. The second-order valence-electron chi connectivity index (χ2n) is 11.4. The maximum absolute atomic E-state index is 13.7. The molecule has 40 heavy (non-hydrogen) atoms. The third-order valence-corrected chi connectivity index (χ3v) is 8.96. The van der Waals surface area contributed by atoms with Crippen LogP contribution in [0, 0.1) is 17.8 Å². The quantitative estimate of drug-likeness (QED) is 0.284. The molecule has 2 aromatic carbocycles. The van der Waals surface area contributed by atoms with E-state index in [-0.39, 0.29) is 46.8 Å². The molecule has 2 aromatic rings. The lowest BCUT2D eigenvalue weighted by atomic mass is 9.62. The van der Waals surface area contributed by atoms with Gasteiger partial charge < -0.3 is 26.4 Å². The second kappa shape index (κ2) is 10.1. The smallest absolute Gasteiger partial charge is 0.255 e. The molecule has 6 rings (SSSR count). The number of aliphatic hydroxyl groups is 2. The summed E-state index contributed by atoms with van der Waals surface area (Å²) in [6.45, 7) is 2.72. The molecule has 9 heteroatoms. The van der Waals surface area contributed by atoms with Crippen LogP contribution in [0.2, 0.25) is 0 Å². The van der Waals surface area contributed by atoms with Crippen molar-refractivity contribution >= 4 is 23.2 Å². The van der Waals surface area contributed by atoms with Crippen molar-refractivity contribution in [3.8, 4) is 5.75 Å². The minimum Gasteiger partial charge on any atom is -0.511 e. The highest BCUT2D eigenvalue weighted by molar-refractivity contribution is 6.22. The predicted molar refractivity (Wildman–Crippen MR) is 148 cm³/mol. The third-order valence-electron chi connectivity index (χ3n) is 8.96. The molecule has 0 aromatic heterocycles. The number of hydrogen-bond acceptors (Lipinski definition) is 8. The highest BCUT2D eigenvalue weighted by Gasteiger charge is 2.50. The van der Waals surface area contributed by atoms with Crippen LogP contribution in [0.1, 0.15) is 47.2 Å². The number of Topliss-reactive ketones (excluding diaryl/α,β-unsaturated/α-hetero) is 2. The molecule has 0 bridgehead atoms. The molecule has 1 fully saturated rings. The first kappa shape index (κ1) is 26.1. The van der Waals surface area contributed by atoms with Crippen LogP contribution in [0.4, 0.5) is 5.69 Å². The van der Waals surface area contributed by atoms with Gasteiger partial charge in [-0.15, -0.1) is 0 Å². The van der Waals surface area contributed by atoms with Crippen LogP contribution in [0.25, 0.3) is 0 Å². The zero-order valence-electron chi connectivity index (χ0n) is 22.1. The number of aliphatic hydroxyl groups excluding tert-OH is 2. The number of nitrogens with zero attached hydrogens (tertiary/aromatic N) is 1. The number of carbonyl (C=O) groups excluding carboxylic acids is 3. The molecule has 3 atom stereocenters. The first-order chi connectivity index (χ1) is 19.2. The first-order valence-corrected chi connectivity index (χ1v) is 13.8. The van der Waals surface area contributed by atoms with Gasteiger partial charge >= 0.3 is 0 Å². The number of allylic oxidation sites excluding steroid dienone is 3. The van der Waals surface area contributed by atoms with Crippen LogP contribution in [-0.2, 0) is 22.6 Å². The largest absolute Gasteiger partial charge is 0.511 e.